The van der Waals surface area contributed by atoms with Gasteiger partial charge in [-0.3, -0.25) is 0 Å². The zero-order chi connectivity index (χ0) is 8.55. The molecular formula is C9H11BrClNO. The molecule has 0 fully saturated rings. The molecule has 0 amide bonds. The monoisotopic (exact) mass is 263 g/mol. The van der Waals surface area contributed by atoms with E-state index in [4.69, 9.17) is 4.74 Å². The lowest BCUT2D eigenvalue weighted by molar-refractivity contribution is 0.358. The highest BCUT2D eigenvalue weighted by Crippen LogP contribution is 2.36. The molecule has 2 nitrogen and oxygen atoms in total. The maximum absolute atomic E-state index is 5.49. The third-order valence-electron chi connectivity index (χ3n) is 2.02. The lowest BCUT2D eigenvalue weighted by Crippen LogP contribution is -1.93. The first kappa shape index (κ1) is 10.7. The van der Waals surface area contributed by atoms with Crippen LogP contribution in [0.15, 0.2) is 16.6 Å². The van der Waals surface area contributed by atoms with Crippen LogP contribution >= 0.6 is 28.3 Å². The average molecular weight is 265 g/mol. The Morgan fingerprint density at radius 2 is 2.23 bits per heavy atom. The predicted molar refractivity (Wildman–Crippen MR) is 60.1 cm³/mol. The van der Waals surface area contributed by atoms with E-state index in [0.717, 1.165) is 28.9 Å². The number of nitrogens with one attached hydrogen (secondary N) is 1. The molecule has 0 spiro atoms. The van der Waals surface area contributed by atoms with Gasteiger partial charge in [-0.25, -0.2) is 0 Å². The van der Waals surface area contributed by atoms with Crippen LogP contribution in [0, 0.1) is 0 Å². The molecule has 0 aliphatic carbocycles. The first-order chi connectivity index (χ1) is 5.81. The zero-order valence-electron chi connectivity index (χ0n) is 7.26. The lowest BCUT2D eigenvalue weighted by atomic mass is 10.1. The summed E-state index contributed by atoms with van der Waals surface area (Å²) >= 11 is 3.46. The summed E-state index contributed by atoms with van der Waals surface area (Å²) in [4.78, 5) is 0. The van der Waals surface area contributed by atoms with Crippen molar-refractivity contribution in [3.63, 3.8) is 0 Å². The Kier molecular flexibility index (Phi) is 3.45. The largest absolute Gasteiger partial charge is 0.491 e. The number of hydrogen-bond donors (Lipinski definition) is 1. The predicted octanol–water partition coefficient (Wildman–Crippen LogP) is 2.85. The highest BCUT2D eigenvalue weighted by Gasteiger charge is 2.16. The minimum Gasteiger partial charge on any atom is -0.491 e. The SMILES string of the molecule is CNc1cc(Br)cc2c1OCC2.Cl. The van der Waals surface area contributed by atoms with Gasteiger partial charge in [0.2, 0.25) is 0 Å². The van der Waals surface area contributed by atoms with Gasteiger partial charge in [0.05, 0.1) is 12.3 Å². The first-order valence-electron chi connectivity index (χ1n) is 3.94. The zero-order valence-corrected chi connectivity index (χ0v) is 9.67. The molecule has 0 radical (unpaired) electrons. The Balaban J connectivity index is 0.000000845. The topological polar surface area (TPSA) is 21.3 Å². The summed E-state index contributed by atoms with van der Waals surface area (Å²) in [7, 11) is 1.91. The Morgan fingerprint density at radius 1 is 1.46 bits per heavy atom. The summed E-state index contributed by atoms with van der Waals surface area (Å²) in [6.45, 7) is 0.806. The van der Waals surface area contributed by atoms with Crippen LogP contribution in [0.25, 0.3) is 0 Å². The maximum Gasteiger partial charge on any atom is 0.145 e. The van der Waals surface area contributed by atoms with Gasteiger partial charge in [-0.15, -0.1) is 12.4 Å². The van der Waals surface area contributed by atoms with E-state index in [9.17, 15) is 0 Å². The number of fused-ring (bicyclic) bond motifs is 1. The van der Waals surface area contributed by atoms with Crippen LogP contribution in [0.3, 0.4) is 0 Å². The van der Waals surface area contributed by atoms with Crippen molar-refractivity contribution in [2.24, 2.45) is 0 Å². The van der Waals surface area contributed by atoms with Crippen molar-refractivity contribution >= 4 is 34.0 Å². The molecule has 1 aromatic carbocycles. The molecule has 0 aromatic heterocycles. The third kappa shape index (κ3) is 1.92. The minimum absolute atomic E-state index is 0. The van der Waals surface area contributed by atoms with Crippen molar-refractivity contribution in [1.82, 2.24) is 0 Å². The third-order valence-corrected chi connectivity index (χ3v) is 2.48. The number of anilines is 1. The molecule has 0 bridgehead atoms. The van der Waals surface area contributed by atoms with Crippen molar-refractivity contribution in [2.75, 3.05) is 19.0 Å². The summed E-state index contributed by atoms with van der Waals surface area (Å²) in [5.74, 6) is 1.01. The molecule has 1 aliphatic rings. The van der Waals surface area contributed by atoms with Crippen LogP contribution in [0.5, 0.6) is 5.75 Å². The summed E-state index contributed by atoms with van der Waals surface area (Å²) in [5.41, 5.74) is 2.35. The molecule has 4 heteroatoms. The summed E-state index contributed by atoms with van der Waals surface area (Å²) in [5, 5.41) is 3.11. The quantitative estimate of drug-likeness (QED) is 0.842. The fourth-order valence-electron chi connectivity index (χ4n) is 1.45. The number of benzene rings is 1. The minimum atomic E-state index is 0. The average Bonchev–Trinajstić information content (AvgIpc) is 2.50. The second-order valence-corrected chi connectivity index (χ2v) is 3.71. The maximum atomic E-state index is 5.49. The van der Waals surface area contributed by atoms with E-state index >= 15 is 0 Å². The van der Waals surface area contributed by atoms with Gasteiger partial charge in [-0.2, -0.15) is 0 Å². The highest BCUT2D eigenvalue weighted by atomic mass is 79.9. The summed E-state index contributed by atoms with van der Waals surface area (Å²) in [6, 6.07) is 4.15. The fraction of sp³-hybridized carbons (Fsp3) is 0.333. The molecule has 0 saturated heterocycles. The van der Waals surface area contributed by atoms with E-state index in [1.165, 1.54) is 5.56 Å². The van der Waals surface area contributed by atoms with E-state index in [2.05, 4.69) is 27.3 Å². The van der Waals surface area contributed by atoms with Gasteiger partial charge in [-0.1, -0.05) is 15.9 Å². The second-order valence-electron chi connectivity index (χ2n) is 2.79. The van der Waals surface area contributed by atoms with Gasteiger partial charge in [-0.05, 0) is 12.1 Å². The molecule has 0 unspecified atom stereocenters. The smallest absolute Gasteiger partial charge is 0.145 e. The Bertz CT molecular complexity index is 317. The van der Waals surface area contributed by atoms with Crippen molar-refractivity contribution in [3.05, 3.63) is 22.2 Å². The molecule has 1 heterocycles. The molecule has 1 aliphatic heterocycles. The van der Waals surface area contributed by atoms with Crippen molar-refractivity contribution < 1.29 is 4.74 Å². The standard InChI is InChI=1S/C9H10BrNO.ClH/c1-11-8-5-7(10)4-6-2-3-12-9(6)8;/h4-5,11H,2-3H2,1H3;1H. The number of rotatable bonds is 1. The summed E-state index contributed by atoms with van der Waals surface area (Å²) in [6.07, 6.45) is 1.02. The van der Waals surface area contributed by atoms with Crippen LogP contribution in [-0.2, 0) is 6.42 Å². The highest BCUT2D eigenvalue weighted by molar-refractivity contribution is 9.10. The molecule has 13 heavy (non-hydrogen) atoms. The van der Waals surface area contributed by atoms with Gasteiger partial charge < -0.3 is 10.1 Å². The van der Waals surface area contributed by atoms with Gasteiger partial charge in [0.1, 0.15) is 5.75 Å². The van der Waals surface area contributed by atoms with E-state index < -0.39 is 0 Å². The van der Waals surface area contributed by atoms with Crippen LogP contribution in [0.4, 0.5) is 5.69 Å². The van der Waals surface area contributed by atoms with Crippen LogP contribution in [-0.4, -0.2) is 13.7 Å². The van der Waals surface area contributed by atoms with E-state index in [1.54, 1.807) is 0 Å². The molecule has 0 saturated carbocycles. The number of hydrogen-bond acceptors (Lipinski definition) is 2. The second kappa shape index (κ2) is 4.20. The molecule has 2 rings (SSSR count). The van der Waals surface area contributed by atoms with Gasteiger partial charge in [0.15, 0.2) is 0 Å². The van der Waals surface area contributed by atoms with Crippen LogP contribution in [0.1, 0.15) is 5.56 Å². The molecule has 0 atom stereocenters. The number of ether oxygens (including phenoxy) is 1. The van der Waals surface area contributed by atoms with Crippen molar-refractivity contribution in [3.8, 4) is 5.75 Å². The van der Waals surface area contributed by atoms with E-state index in [0.29, 0.717) is 0 Å². The molecular weight excluding hydrogens is 253 g/mol. The Hall–Kier alpha value is -0.410. The molecule has 1 N–H and O–H groups in total. The molecule has 72 valence electrons. The van der Waals surface area contributed by atoms with Crippen LogP contribution in [0.2, 0.25) is 0 Å². The van der Waals surface area contributed by atoms with E-state index in [-0.39, 0.29) is 12.4 Å². The van der Waals surface area contributed by atoms with Gasteiger partial charge in [0.25, 0.3) is 0 Å². The van der Waals surface area contributed by atoms with E-state index in [1.807, 2.05) is 13.1 Å². The summed E-state index contributed by atoms with van der Waals surface area (Å²) < 4.78 is 6.60. The van der Waals surface area contributed by atoms with Crippen molar-refractivity contribution in [1.29, 1.82) is 0 Å². The Morgan fingerprint density at radius 3 is 2.92 bits per heavy atom. The normalized spacial score (nSPS) is 12.8. The van der Waals surface area contributed by atoms with Crippen LogP contribution < -0.4 is 10.1 Å². The van der Waals surface area contributed by atoms with Gasteiger partial charge >= 0.3 is 0 Å². The van der Waals surface area contributed by atoms with Crippen molar-refractivity contribution in [2.45, 2.75) is 6.42 Å². The Labute approximate surface area is 92.2 Å². The molecule has 1 aromatic rings. The lowest BCUT2D eigenvalue weighted by Gasteiger charge is -2.07. The number of halogens is 2. The van der Waals surface area contributed by atoms with Gasteiger partial charge in [0, 0.05) is 23.5 Å². The fourth-order valence-corrected chi connectivity index (χ4v) is 1.96. The first-order valence-corrected chi connectivity index (χ1v) is 4.73.